The lowest BCUT2D eigenvalue weighted by atomic mass is 9.79. The maximum Gasteiger partial charge on any atom is 0.345 e. The number of allylic oxidation sites excluding steroid dienone is 1. The molecule has 1 aliphatic heterocycles. The van der Waals surface area contributed by atoms with Crippen LogP contribution in [0.25, 0.3) is 0 Å². The predicted molar refractivity (Wildman–Crippen MR) is 161 cm³/mol. The molecule has 43 heavy (non-hydrogen) atoms. The lowest BCUT2D eigenvalue weighted by Gasteiger charge is -2.38. The third kappa shape index (κ3) is 7.41. The molecule has 1 fully saturated rings. The number of benzene rings is 2. The van der Waals surface area contributed by atoms with E-state index in [1.807, 2.05) is 0 Å². The van der Waals surface area contributed by atoms with Crippen molar-refractivity contribution < 1.29 is 42.8 Å². The van der Waals surface area contributed by atoms with Gasteiger partial charge in [-0.05, 0) is 44.4 Å². The number of methoxy groups -OCH3 is 1. The lowest BCUT2D eigenvalue weighted by molar-refractivity contribution is -0.165. The van der Waals surface area contributed by atoms with Gasteiger partial charge in [0.25, 0.3) is 0 Å². The average Bonchev–Trinajstić information content (AvgIpc) is 2.97. The fourth-order valence-electron chi connectivity index (χ4n) is 4.82. The molecule has 13 heteroatoms. The van der Waals surface area contributed by atoms with E-state index >= 15 is 0 Å². The molecule has 1 aliphatic carbocycles. The third-order valence-corrected chi connectivity index (χ3v) is 8.32. The second-order valence-corrected chi connectivity index (χ2v) is 11.7. The minimum absolute atomic E-state index is 0.000379. The molecule has 1 heterocycles. The highest BCUT2D eigenvalue weighted by Gasteiger charge is 2.48. The Morgan fingerprint density at radius 3 is 2.44 bits per heavy atom. The fraction of sp³-hybridized carbons (Fsp3) is 0.433. The van der Waals surface area contributed by atoms with Crippen molar-refractivity contribution in [2.24, 2.45) is 5.92 Å². The molecule has 9 nitrogen and oxygen atoms in total. The van der Waals surface area contributed by atoms with Crippen LogP contribution in [0.3, 0.4) is 0 Å². The molecule has 0 amide bonds. The quantitative estimate of drug-likeness (QED) is 0.106. The number of carbonyl (C=O) groups is 3. The van der Waals surface area contributed by atoms with Gasteiger partial charge in [-0.2, -0.15) is 0 Å². The van der Waals surface area contributed by atoms with Crippen LogP contribution in [0, 0.1) is 12.8 Å². The first-order valence-corrected chi connectivity index (χ1v) is 15.0. The van der Waals surface area contributed by atoms with E-state index in [1.54, 1.807) is 13.8 Å². The molecule has 2 aromatic carbocycles. The number of carbonyl (C=O) groups excluding carboxylic acids is 3. The van der Waals surface area contributed by atoms with Crippen LogP contribution in [0.4, 0.5) is 0 Å². The molecule has 0 spiro atoms. The number of aldehydes is 1. The Morgan fingerprint density at radius 2 is 1.81 bits per heavy atom. The van der Waals surface area contributed by atoms with Gasteiger partial charge in [0, 0.05) is 35.6 Å². The highest BCUT2D eigenvalue weighted by Crippen LogP contribution is 2.45. The van der Waals surface area contributed by atoms with Crippen molar-refractivity contribution in [3.8, 4) is 17.2 Å². The Morgan fingerprint density at radius 1 is 1.09 bits per heavy atom. The second-order valence-electron chi connectivity index (χ2n) is 10.1. The summed E-state index contributed by atoms with van der Waals surface area (Å²) >= 11 is 25.2. The van der Waals surface area contributed by atoms with Crippen LogP contribution >= 0.6 is 46.4 Å². The highest BCUT2D eigenvalue weighted by atomic mass is 35.5. The largest absolute Gasteiger partial charge is 0.496 e. The van der Waals surface area contributed by atoms with Crippen molar-refractivity contribution in [3.63, 3.8) is 0 Å². The minimum atomic E-state index is -1.72. The Labute approximate surface area is 269 Å². The molecule has 0 N–H and O–H groups in total. The number of esters is 1. The Hall–Kier alpha value is -2.53. The van der Waals surface area contributed by atoms with Crippen molar-refractivity contribution >= 4 is 64.4 Å². The van der Waals surface area contributed by atoms with E-state index in [0.29, 0.717) is 18.5 Å². The first-order chi connectivity index (χ1) is 20.5. The molecule has 2 aliphatic rings. The van der Waals surface area contributed by atoms with Crippen molar-refractivity contribution in [3.05, 3.63) is 61.3 Å². The molecule has 1 unspecified atom stereocenters. The minimum Gasteiger partial charge on any atom is -0.496 e. The first-order valence-electron chi connectivity index (χ1n) is 13.5. The zero-order valence-corrected chi connectivity index (χ0v) is 26.7. The van der Waals surface area contributed by atoms with E-state index in [1.165, 1.54) is 31.4 Å². The zero-order chi connectivity index (χ0) is 31.3. The standard InChI is InChI=1S/C30H30Cl4O9/c1-16-10-19(36)13-24(38-3)30(16,15-35)43-27-17(2)23(39-8-9-41-25-6-4-5-7-40-25)14-20(26(27)34)29(37)42-28-21(32)11-18(31)12-22(28)33/h11-16,25H,4-10H2,1-3H3/t16-,25?,30+/m1/s1. The average molecular weight is 676 g/mol. The van der Waals surface area contributed by atoms with Crippen LogP contribution in [0.15, 0.2) is 30.0 Å². The van der Waals surface area contributed by atoms with Gasteiger partial charge in [-0.15, -0.1) is 0 Å². The predicted octanol–water partition coefficient (Wildman–Crippen LogP) is 7.21. The van der Waals surface area contributed by atoms with Crippen molar-refractivity contribution in [1.29, 1.82) is 0 Å². The number of ether oxygens (including phenoxy) is 6. The molecule has 2 aromatic rings. The Kier molecular flexibility index (Phi) is 11.3. The SMILES string of the molecule is COC1=CC(=O)C[C@@H](C)[C@]1(C=O)Oc1c(C)c(OCCOC2CCCCO2)cc(C(=O)Oc2c(Cl)cc(Cl)cc2Cl)c1Cl. The molecule has 0 bridgehead atoms. The van der Waals surface area contributed by atoms with E-state index in [2.05, 4.69) is 0 Å². The van der Waals surface area contributed by atoms with Crippen LogP contribution in [0.2, 0.25) is 20.1 Å². The molecular weight excluding hydrogens is 646 g/mol. The number of ketones is 1. The van der Waals surface area contributed by atoms with Gasteiger partial charge in [-0.1, -0.05) is 53.3 Å². The second kappa shape index (κ2) is 14.5. The van der Waals surface area contributed by atoms with Gasteiger partial charge in [0.05, 0.1) is 34.3 Å². The van der Waals surface area contributed by atoms with Crippen molar-refractivity contribution in [2.45, 2.75) is 51.4 Å². The Bertz CT molecular complexity index is 1400. The van der Waals surface area contributed by atoms with Gasteiger partial charge in [0.1, 0.15) is 18.1 Å². The molecule has 0 saturated carbocycles. The molecule has 4 rings (SSSR count). The molecule has 0 aromatic heterocycles. The zero-order valence-electron chi connectivity index (χ0n) is 23.7. The summed E-state index contributed by atoms with van der Waals surface area (Å²) in [7, 11) is 1.32. The van der Waals surface area contributed by atoms with Crippen LogP contribution < -0.4 is 14.2 Å². The van der Waals surface area contributed by atoms with Crippen LogP contribution in [-0.2, 0) is 23.8 Å². The summed E-state index contributed by atoms with van der Waals surface area (Å²) in [4.78, 5) is 38.4. The molecular formula is C30H30Cl4O9. The maximum atomic E-state index is 13.5. The summed E-state index contributed by atoms with van der Waals surface area (Å²) < 4.78 is 34.6. The highest BCUT2D eigenvalue weighted by molar-refractivity contribution is 6.40. The molecule has 232 valence electrons. The smallest absolute Gasteiger partial charge is 0.345 e. The Balaban J connectivity index is 1.71. The summed E-state index contributed by atoms with van der Waals surface area (Å²) in [6.07, 6.45) is 4.24. The monoisotopic (exact) mass is 674 g/mol. The normalized spacial score (nSPS) is 22.0. The van der Waals surface area contributed by atoms with E-state index in [0.717, 1.165) is 19.3 Å². The van der Waals surface area contributed by atoms with Gasteiger partial charge < -0.3 is 28.4 Å². The van der Waals surface area contributed by atoms with Crippen LogP contribution in [-0.4, -0.2) is 56.9 Å². The summed E-state index contributed by atoms with van der Waals surface area (Å²) in [6, 6.07) is 4.12. The maximum absolute atomic E-state index is 13.5. The first kappa shape index (κ1) is 33.4. The van der Waals surface area contributed by atoms with Crippen molar-refractivity contribution in [1.82, 2.24) is 0 Å². The summed E-state index contributed by atoms with van der Waals surface area (Å²) in [5, 5.41) is 0.0690. The molecule has 0 radical (unpaired) electrons. The van der Waals surface area contributed by atoms with E-state index in [4.69, 9.17) is 74.8 Å². The summed E-state index contributed by atoms with van der Waals surface area (Å²) in [6.45, 7) is 4.25. The number of hydrogen-bond donors (Lipinski definition) is 0. The summed E-state index contributed by atoms with van der Waals surface area (Å²) in [5.74, 6) is -1.78. The van der Waals surface area contributed by atoms with E-state index in [-0.39, 0.29) is 80.4 Å². The van der Waals surface area contributed by atoms with Gasteiger partial charge in [0.15, 0.2) is 29.9 Å². The number of hydrogen-bond acceptors (Lipinski definition) is 9. The number of halogens is 4. The van der Waals surface area contributed by atoms with Crippen LogP contribution in [0.5, 0.6) is 17.2 Å². The number of rotatable bonds is 11. The summed E-state index contributed by atoms with van der Waals surface area (Å²) in [5.41, 5.74) is -1.51. The van der Waals surface area contributed by atoms with Gasteiger partial charge in [0.2, 0.25) is 5.60 Å². The molecule has 1 saturated heterocycles. The van der Waals surface area contributed by atoms with E-state index < -0.39 is 17.5 Å². The lowest BCUT2D eigenvalue weighted by Crippen LogP contribution is -2.50. The fourth-order valence-corrected chi connectivity index (χ4v) is 6.03. The van der Waals surface area contributed by atoms with Crippen molar-refractivity contribution in [2.75, 3.05) is 26.9 Å². The molecule has 3 atom stereocenters. The third-order valence-electron chi connectivity index (χ3n) is 7.16. The van der Waals surface area contributed by atoms with Crippen LogP contribution in [0.1, 0.15) is 48.5 Å². The van der Waals surface area contributed by atoms with Gasteiger partial charge in [-0.3, -0.25) is 9.59 Å². The van der Waals surface area contributed by atoms with Gasteiger partial charge >= 0.3 is 5.97 Å². The van der Waals surface area contributed by atoms with Gasteiger partial charge in [-0.25, -0.2) is 4.79 Å². The topological polar surface area (TPSA) is 107 Å². The van der Waals surface area contributed by atoms with E-state index in [9.17, 15) is 14.4 Å².